The van der Waals surface area contributed by atoms with E-state index in [-0.39, 0.29) is 17.9 Å². The van der Waals surface area contributed by atoms with Crippen molar-refractivity contribution in [2.45, 2.75) is 20.4 Å². The predicted molar refractivity (Wildman–Crippen MR) is 69.6 cm³/mol. The van der Waals surface area contributed by atoms with Crippen LogP contribution in [0.5, 0.6) is 0 Å². The van der Waals surface area contributed by atoms with Gasteiger partial charge in [0.2, 0.25) is 0 Å². The van der Waals surface area contributed by atoms with Gasteiger partial charge >= 0.3 is 5.97 Å². The Morgan fingerprint density at radius 1 is 1.33 bits per heavy atom. The molecule has 0 saturated carbocycles. The summed E-state index contributed by atoms with van der Waals surface area (Å²) in [5.74, 6) is -0.300. The van der Waals surface area contributed by atoms with Crippen molar-refractivity contribution in [1.29, 1.82) is 0 Å². The number of pyridine rings is 1. The molecule has 0 aliphatic rings. The van der Waals surface area contributed by atoms with Gasteiger partial charge in [0.25, 0.3) is 0 Å². The minimum atomic E-state index is -0.300. The zero-order chi connectivity index (χ0) is 13.1. The average molecular weight is 245 g/mol. The largest absolute Gasteiger partial charge is 0.465 e. The Morgan fingerprint density at radius 2 is 2.11 bits per heavy atom. The van der Waals surface area contributed by atoms with Gasteiger partial charge in [-0.25, -0.2) is 0 Å². The van der Waals surface area contributed by atoms with Crippen LogP contribution in [0.3, 0.4) is 0 Å². The molecule has 0 amide bonds. The van der Waals surface area contributed by atoms with Crippen molar-refractivity contribution in [3.05, 3.63) is 46.2 Å². The third-order valence-electron chi connectivity index (χ3n) is 2.80. The van der Waals surface area contributed by atoms with E-state index in [0.29, 0.717) is 12.0 Å². The summed E-state index contributed by atoms with van der Waals surface area (Å²) in [7, 11) is 0. The molecule has 1 aromatic heterocycles. The molecule has 18 heavy (non-hydrogen) atoms. The number of para-hydroxylation sites is 1. The van der Waals surface area contributed by atoms with Crippen LogP contribution in [0.4, 0.5) is 0 Å². The number of hydrogen-bond donors (Lipinski definition) is 0. The van der Waals surface area contributed by atoms with Crippen molar-refractivity contribution in [1.82, 2.24) is 4.57 Å². The Morgan fingerprint density at radius 3 is 2.83 bits per heavy atom. The molecule has 0 aliphatic carbocycles. The molecule has 0 unspecified atom stereocenters. The van der Waals surface area contributed by atoms with Gasteiger partial charge in [-0.05, 0) is 25.5 Å². The number of carbonyl (C=O) groups excluding carboxylic acids is 1. The molecule has 0 radical (unpaired) electrons. The van der Waals surface area contributed by atoms with Gasteiger partial charge in [-0.1, -0.05) is 12.1 Å². The Bertz CT molecular complexity index is 643. The first kappa shape index (κ1) is 12.4. The van der Waals surface area contributed by atoms with Crippen LogP contribution in [0.15, 0.2) is 35.3 Å². The second-order valence-electron chi connectivity index (χ2n) is 4.08. The SMILES string of the molecule is CCOC(=O)Cn1ccc(=O)c2cccc(C)c21. The molecular formula is C14H15NO3. The summed E-state index contributed by atoms with van der Waals surface area (Å²) < 4.78 is 6.68. The molecule has 0 bridgehead atoms. The first-order chi connectivity index (χ1) is 8.63. The highest BCUT2D eigenvalue weighted by molar-refractivity contribution is 5.83. The maximum Gasteiger partial charge on any atom is 0.325 e. The lowest BCUT2D eigenvalue weighted by Gasteiger charge is -2.11. The molecule has 0 saturated heterocycles. The molecule has 0 N–H and O–H groups in total. The van der Waals surface area contributed by atoms with Gasteiger partial charge in [0.1, 0.15) is 6.54 Å². The van der Waals surface area contributed by atoms with Gasteiger partial charge in [-0.3, -0.25) is 9.59 Å². The average Bonchev–Trinajstić information content (AvgIpc) is 2.33. The fourth-order valence-electron chi connectivity index (χ4n) is 2.04. The molecule has 0 aliphatic heterocycles. The smallest absolute Gasteiger partial charge is 0.325 e. The fourth-order valence-corrected chi connectivity index (χ4v) is 2.04. The number of ether oxygens (including phenoxy) is 1. The second-order valence-corrected chi connectivity index (χ2v) is 4.08. The van der Waals surface area contributed by atoms with Crippen molar-refractivity contribution in [2.24, 2.45) is 0 Å². The van der Waals surface area contributed by atoms with Crippen LogP contribution in [0.2, 0.25) is 0 Å². The van der Waals surface area contributed by atoms with Crippen LogP contribution in [0.1, 0.15) is 12.5 Å². The lowest BCUT2D eigenvalue weighted by molar-refractivity contribution is -0.143. The van der Waals surface area contributed by atoms with E-state index in [1.165, 1.54) is 6.07 Å². The van der Waals surface area contributed by atoms with E-state index < -0.39 is 0 Å². The molecular weight excluding hydrogens is 230 g/mol. The monoisotopic (exact) mass is 245 g/mol. The highest BCUT2D eigenvalue weighted by Crippen LogP contribution is 2.15. The highest BCUT2D eigenvalue weighted by Gasteiger charge is 2.08. The predicted octanol–water partition coefficient (Wildman–Crippen LogP) is 1.87. The van der Waals surface area contributed by atoms with Crippen LogP contribution in [-0.2, 0) is 16.1 Å². The van der Waals surface area contributed by atoms with Gasteiger partial charge in [0, 0.05) is 17.6 Å². The lowest BCUT2D eigenvalue weighted by Crippen LogP contribution is -2.16. The number of benzene rings is 1. The number of fused-ring (bicyclic) bond motifs is 1. The number of carbonyl (C=O) groups is 1. The van der Waals surface area contributed by atoms with Crippen LogP contribution in [0.25, 0.3) is 10.9 Å². The molecule has 1 heterocycles. The molecule has 4 nitrogen and oxygen atoms in total. The summed E-state index contributed by atoms with van der Waals surface area (Å²) >= 11 is 0. The highest BCUT2D eigenvalue weighted by atomic mass is 16.5. The lowest BCUT2D eigenvalue weighted by atomic mass is 10.1. The summed E-state index contributed by atoms with van der Waals surface area (Å²) in [4.78, 5) is 23.3. The van der Waals surface area contributed by atoms with Crippen LogP contribution in [-0.4, -0.2) is 17.1 Å². The summed E-state index contributed by atoms with van der Waals surface area (Å²) in [6, 6.07) is 7.00. The number of rotatable bonds is 3. The first-order valence-electron chi connectivity index (χ1n) is 5.88. The summed E-state index contributed by atoms with van der Waals surface area (Å²) in [6.45, 7) is 4.17. The van der Waals surface area contributed by atoms with E-state index in [4.69, 9.17) is 4.74 Å². The first-order valence-corrected chi connectivity index (χ1v) is 5.88. The zero-order valence-electron chi connectivity index (χ0n) is 10.5. The standard InChI is InChI=1S/C14H15NO3/c1-3-18-13(17)9-15-8-7-12(16)11-6-4-5-10(2)14(11)15/h4-8H,3,9H2,1-2H3. The molecule has 0 atom stereocenters. The van der Waals surface area contributed by atoms with Crippen molar-refractivity contribution in [2.75, 3.05) is 6.61 Å². The maximum atomic E-state index is 11.8. The van der Waals surface area contributed by atoms with Crippen molar-refractivity contribution >= 4 is 16.9 Å². The third kappa shape index (κ3) is 2.27. The minimum absolute atomic E-state index is 0.0335. The zero-order valence-corrected chi connectivity index (χ0v) is 10.5. The number of nitrogens with zero attached hydrogens (tertiary/aromatic N) is 1. The van der Waals surface area contributed by atoms with Crippen molar-refractivity contribution in [3.63, 3.8) is 0 Å². The minimum Gasteiger partial charge on any atom is -0.465 e. The number of esters is 1. The van der Waals surface area contributed by atoms with Gasteiger partial charge in [-0.2, -0.15) is 0 Å². The van der Waals surface area contributed by atoms with E-state index in [1.807, 2.05) is 19.1 Å². The Kier molecular flexibility index (Phi) is 3.46. The number of aryl methyl sites for hydroxylation is 1. The van der Waals surface area contributed by atoms with E-state index in [9.17, 15) is 9.59 Å². The third-order valence-corrected chi connectivity index (χ3v) is 2.80. The molecule has 1 aromatic carbocycles. The molecule has 2 aromatic rings. The number of aromatic nitrogens is 1. The Balaban J connectivity index is 2.55. The Hall–Kier alpha value is -2.10. The summed E-state index contributed by atoms with van der Waals surface area (Å²) in [6.07, 6.45) is 1.63. The normalized spacial score (nSPS) is 10.6. The topological polar surface area (TPSA) is 48.3 Å². The Labute approximate surface area is 105 Å². The fraction of sp³-hybridized carbons (Fsp3) is 0.286. The van der Waals surface area contributed by atoms with Crippen molar-refractivity contribution in [3.8, 4) is 0 Å². The molecule has 0 fully saturated rings. The van der Waals surface area contributed by atoms with E-state index in [0.717, 1.165) is 11.1 Å². The molecule has 4 heteroatoms. The van der Waals surface area contributed by atoms with Crippen LogP contribution in [0, 0.1) is 6.92 Å². The maximum absolute atomic E-state index is 11.8. The van der Waals surface area contributed by atoms with E-state index in [2.05, 4.69) is 0 Å². The quantitative estimate of drug-likeness (QED) is 0.776. The summed E-state index contributed by atoms with van der Waals surface area (Å²) in [5.41, 5.74) is 1.72. The van der Waals surface area contributed by atoms with E-state index >= 15 is 0 Å². The summed E-state index contributed by atoms with van der Waals surface area (Å²) in [5, 5.41) is 0.627. The van der Waals surface area contributed by atoms with Crippen molar-refractivity contribution < 1.29 is 9.53 Å². The van der Waals surface area contributed by atoms with Gasteiger partial charge in [-0.15, -0.1) is 0 Å². The van der Waals surface area contributed by atoms with Crippen LogP contribution >= 0.6 is 0 Å². The second kappa shape index (κ2) is 5.04. The van der Waals surface area contributed by atoms with Gasteiger partial charge in [0.05, 0.1) is 12.1 Å². The van der Waals surface area contributed by atoms with Crippen LogP contribution < -0.4 is 5.43 Å². The van der Waals surface area contributed by atoms with Gasteiger partial charge < -0.3 is 9.30 Å². The van der Waals surface area contributed by atoms with Gasteiger partial charge in [0.15, 0.2) is 5.43 Å². The molecule has 2 rings (SSSR count). The molecule has 94 valence electrons. The molecule has 0 spiro atoms. The van der Waals surface area contributed by atoms with E-state index in [1.54, 1.807) is 23.8 Å². The number of hydrogen-bond acceptors (Lipinski definition) is 3.